The maximum atomic E-state index is 4.09. The van der Waals surface area contributed by atoms with Gasteiger partial charge in [0, 0.05) is 0 Å². The van der Waals surface area contributed by atoms with Crippen molar-refractivity contribution in [2.45, 2.75) is 53.9 Å². The summed E-state index contributed by atoms with van der Waals surface area (Å²) < 4.78 is 0. The molecule has 1 heterocycles. The Hall–Kier alpha value is -0.920. The van der Waals surface area contributed by atoms with E-state index < -0.39 is 0 Å². The van der Waals surface area contributed by atoms with E-state index in [1.807, 2.05) is 12.4 Å². The van der Waals surface area contributed by atoms with Crippen LogP contribution in [0.2, 0.25) is 0 Å². The quantitative estimate of drug-likeness (QED) is 0.679. The summed E-state index contributed by atoms with van der Waals surface area (Å²) in [6.45, 7) is 14.1. The lowest BCUT2D eigenvalue weighted by atomic mass is 9.65. The Balaban J connectivity index is 2.48. The molecular formula is C15H24N2. The summed E-state index contributed by atoms with van der Waals surface area (Å²) in [4.78, 5) is 0. The van der Waals surface area contributed by atoms with Gasteiger partial charge < -0.3 is 0 Å². The average Bonchev–Trinajstić information content (AvgIpc) is 2.54. The van der Waals surface area contributed by atoms with Crippen LogP contribution < -0.4 is 0 Å². The molecule has 2 nitrogen and oxygen atoms in total. The van der Waals surface area contributed by atoms with Crippen molar-refractivity contribution in [3.63, 3.8) is 0 Å². The fourth-order valence-electron chi connectivity index (χ4n) is 3.25. The van der Waals surface area contributed by atoms with Crippen molar-refractivity contribution >= 4 is 0 Å². The minimum Gasteiger partial charge on any atom is -0.159 e. The Morgan fingerprint density at radius 1 is 0.941 bits per heavy atom. The summed E-state index contributed by atoms with van der Waals surface area (Å²) in [5, 5.41) is 8.13. The van der Waals surface area contributed by atoms with Crippen molar-refractivity contribution in [1.82, 2.24) is 10.2 Å². The minimum atomic E-state index is 0.284. The number of rotatable bonds is 0. The van der Waals surface area contributed by atoms with E-state index in [0.29, 0.717) is 17.3 Å². The van der Waals surface area contributed by atoms with E-state index in [1.54, 1.807) is 0 Å². The summed E-state index contributed by atoms with van der Waals surface area (Å²) in [5.41, 5.74) is 3.44. The van der Waals surface area contributed by atoms with Crippen molar-refractivity contribution in [3.05, 3.63) is 23.5 Å². The van der Waals surface area contributed by atoms with Crippen LogP contribution in [0.1, 0.15) is 58.6 Å². The molecule has 2 heteroatoms. The summed E-state index contributed by atoms with van der Waals surface area (Å²) >= 11 is 0. The van der Waals surface area contributed by atoms with E-state index in [9.17, 15) is 0 Å². The van der Waals surface area contributed by atoms with Gasteiger partial charge >= 0.3 is 0 Å². The highest BCUT2D eigenvalue weighted by atomic mass is 15.1. The first kappa shape index (κ1) is 12.5. The van der Waals surface area contributed by atoms with Crippen LogP contribution in [0.5, 0.6) is 0 Å². The third-order valence-electron chi connectivity index (χ3n) is 4.07. The van der Waals surface area contributed by atoms with Crippen molar-refractivity contribution < 1.29 is 0 Å². The zero-order chi connectivity index (χ0) is 12.8. The Kier molecular flexibility index (Phi) is 2.80. The van der Waals surface area contributed by atoms with Gasteiger partial charge in [-0.1, -0.05) is 41.5 Å². The van der Waals surface area contributed by atoms with Gasteiger partial charge in [-0.05, 0) is 40.2 Å². The predicted octanol–water partition coefficient (Wildman–Crippen LogP) is 3.82. The van der Waals surface area contributed by atoms with Gasteiger partial charge in [-0.15, -0.1) is 0 Å². The SMILES string of the molecule is CC(C)(C)C1Cc2cnncc2C1C(C)(C)C. The number of hydrogen-bond acceptors (Lipinski definition) is 2. The summed E-state index contributed by atoms with van der Waals surface area (Å²) in [6.07, 6.45) is 5.09. The molecule has 0 amide bonds. The van der Waals surface area contributed by atoms with Crippen LogP contribution in [-0.4, -0.2) is 10.2 Å². The van der Waals surface area contributed by atoms with Crippen molar-refractivity contribution in [2.75, 3.05) is 0 Å². The molecule has 0 aliphatic heterocycles. The Labute approximate surface area is 105 Å². The lowest BCUT2D eigenvalue weighted by Crippen LogP contribution is -2.31. The van der Waals surface area contributed by atoms with E-state index in [1.165, 1.54) is 11.1 Å². The standard InChI is InChI=1S/C15H24N2/c1-14(2,3)12-7-10-8-16-17-9-11(10)13(12)15(4,5)6/h8-9,12-13H,7H2,1-6H3. The van der Waals surface area contributed by atoms with E-state index in [-0.39, 0.29) is 5.41 Å². The van der Waals surface area contributed by atoms with Crippen LogP contribution in [-0.2, 0) is 6.42 Å². The lowest BCUT2D eigenvalue weighted by molar-refractivity contribution is 0.142. The first-order chi connectivity index (χ1) is 7.71. The maximum Gasteiger partial charge on any atom is 0.0534 e. The molecule has 0 spiro atoms. The highest BCUT2D eigenvalue weighted by Crippen LogP contribution is 2.53. The second-order valence-corrected chi connectivity index (χ2v) is 7.49. The number of aromatic nitrogens is 2. The number of nitrogens with zero attached hydrogens (tertiary/aromatic N) is 2. The van der Waals surface area contributed by atoms with Gasteiger partial charge in [-0.2, -0.15) is 10.2 Å². The Morgan fingerprint density at radius 3 is 2.06 bits per heavy atom. The van der Waals surface area contributed by atoms with Gasteiger partial charge in [-0.3, -0.25) is 0 Å². The van der Waals surface area contributed by atoms with Crippen LogP contribution in [0.15, 0.2) is 12.4 Å². The van der Waals surface area contributed by atoms with Gasteiger partial charge in [0.25, 0.3) is 0 Å². The largest absolute Gasteiger partial charge is 0.159 e. The predicted molar refractivity (Wildman–Crippen MR) is 70.9 cm³/mol. The molecule has 1 aromatic heterocycles. The molecule has 0 saturated heterocycles. The third-order valence-corrected chi connectivity index (χ3v) is 4.07. The lowest BCUT2D eigenvalue weighted by Gasteiger charge is -2.39. The summed E-state index contributed by atoms with van der Waals surface area (Å²) in [7, 11) is 0. The van der Waals surface area contributed by atoms with Crippen LogP contribution in [0.3, 0.4) is 0 Å². The van der Waals surface area contributed by atoms with Crippen molar-refractivity contribution in [3.8, 4) is 0 Å². The molecule has 0 fully saturated rings. The Bertz CT molecular complexity index is 410. The van der Waals surface area contributed by atoms with Crippen molar-refractivity contribution in [1.29, 1.82) is 0 Å². The third kappa shape index (κ3) is 2.22. The number of hydrogen-bond donors (Lipinski definition) is 0. The molecule has 17 heavy (non-hydrogen) atoms. The van der Waals surface area contributed by atoms with E-state index >= 15 is 0 Å². The first-order valence-electron chi connectivity index (χ1n) is 6.50. The molecule has 0 saturated carbocycles. The molecule has 1 aliphatic rings. The van der Waals surface area contributed by atoms with Crippen LogP contribution >= 0.6 is 0 Å². The highest BCUT2D eigenvalue weighted by molar-refractivity contribution is 5.34. The smallest absolute Gasteiger partial charge is 0.0534 e. The molecule has 0 radical (unpaired) electrons. The van der Waals surface area contributed by atoms with Gasteiger partial charge in [0.1, 0.15) is 0 Å². The molecule has 2 atom stereocenters. The molecule has 94 valence electrons. The molecule has 2 rings (SSSR count). The minimum absolute atomic E-state index is 0.284. The average molecular weight is 232 g/mol. The second kappa shape index (κ2) is 3.79. The van der Waals surface area contributed by atoms with Gasteiger partial charge in [-0.25, -0.2) is 0 Å². The summed E-state index contributed by atoms with van der Waals surface area (Å²) in [6, 6.07) is 0. The highest BCUT2D eigenvalue weighted by Gasteiger charge is 2.45. The normalized spacial score (nSPS) is 24.8. The molecule has 2 unspecified atom stereocenters. The van der Waals surface area contributed by atoms with Gasteiger partial charge in [0.05, 0.1) is 12.4 Å². The molecule has 1 aliphatic carbocycles. The van der Waals surface area contributed by atoms with Crippen molar-refractivity contribution in [2.24, 2.45) is 16.7 Å². The maximum absolute atomic E-state index is 4.09. The Morgan fingerprint density at radius 2 is 1.53 bits per heavy atom. The van der Waals surface area contributed by atoms with Gasteiger partial charge in [0.15, 0.2) is 0 Å². The van der Waals surface area contributed by atoms with Crippen LogP contribution in [0.25, 0.3) is 0 Å². The fourth-order valence-corrected chi connectivity index (χ4v) is 3.25. The van der Waals surface area contributed by atoms with Crippen LogP contribution in [0.4, 0.5) is 0 Å². The topological polar surface area (TPSA) is 25.8 Å². The summed E-state index contributed by atoms with van der Waals surface area (Å²) in [5.74, 6) is 1.27. The zero-order valence-corrected chi connectivity index (χ0v) is 11.9. The molecule has 0 bridgehead atoms. The van der Waals surface area contributed by atoms with E-state index in [4.69, 9.17) is 0 Å². The zero-order valence-electron chi connectivity index (χ0n) is 11.9. The number of fused-ring (bicyclic) bond motifs is 1. The first-order valence-corrected chi connectivity index (χ1v) is 6.50. The molecular weight excluding hydrogens is 208 g/mol. The monoisotopic (exact) mass is 232 g/mol. The second-order valence-electron chi connectivity index (χ2n) is 7.49. The van der Waals surface area contributed by atoms with E-state index in [0.717, 1.165) is 6.42 Å². The molecule has 0 aromatic carbocycles. The fraction of sp³-hybridized carbons (Fsp3) is 0.733. The molecule has 1 aromatic rings. The van der Waals surface area contributed by atoms with Crippen LogP contribution in [0, 0.1) is 16.7 Å². The van der Waals surface area contributed by atoms with Gasteiger partial charge in [0.2, 0.25) is 0 Å². The van der Waals surface area contributed by atoms with E-state index in [2.05, 4.69) is 51.7 Å². The molecule has 0 N–H and O–H groups in total.